The molecule has 4 rings (SSSR count). The topological polar surface area (TPSA) is 87.8 Å². The van der Waals surface area contributed by atoms with Gasteiger partial charge in [-0.25, -0.2) is 0 Å². The molecule has 1 aliphatic carbocycles. The number of aliphatic hydroxyl groups excluding tert-OH is 1. The maximum atomic E-state index is 12.5. The second kappa shape index (κ2) is 9.07. The summed E-state index contributed by atoms with van der Waals surface area (Å²) in [5.41, 5.74) is 1.27. The first-order valence-corrected chi connectivity index (χ1v) is 10.4. The zero-order valence-corrected chi connectivity index (χ0v) is 16.6. The zero-order valence-electron chi connectivity index (χ0n) is 16.6. The van der Waals surface area contributed by atoms with Crippen LogP contribution in [0.25, 0.3) is 0 Å². The van der Waals surface area contributed by atoms with E-state index in [1.165, 1.54) is 11.8 Å². The normalized spacial score (nSPS) is 28.6. The Kier molecular flexibility index (Phi) is 6.28. The molecule has 1 amide bonds. The molecule has 2 N–H and O–H groups in total. The van der Waals surface area contributed by atoms with Crippen LogP contribution in [0.1, 0.15) is 41.7 Å². The van der Waals surface area contributed by atoms with Gasteiger partial charge in [0.05, 0.1) is 19.3 Å². The summed E-state index contributed by atoms with van der Waals surface area (Å²) in [6.45, 7) is 3.68. The Morgan fingerprint density at radius 2 is 1.93 bits per heavy atom. The first-order valence-electron chi connectivity index (χ1n) is 10.4. The fraction of sp³-hybridized carbons (Fsp3) is 0.545. The Labute approximate surface area is 171 Å². The highest BCUT2D eigenvalue weighted by Gasteiger charge is 2.40. The molecule has 0 radical (unpaired) electrons. The predicted octanol–water partition coefficient (Wildman–Crippen LogP) is 1.98. The first-order chi connectivity index (χ1) is 14.2. The number of carbonyl (C=O) groups is 1. The SMILES string of the molecule is O=C(NC[C@]1(c2ccccc2)CC[C@@H](O)[C@H](N2CCOCC2)CC1)c1ccon1. The lowest BCUT2D eigenvalue weighted by molar-refractivity contribution is -0.0236. The summed E-state index contributed by atoms with van der Waals surface area (Å²) in [5, 5.41) is 17.7. The highest BCUT2D eigenvalue weighted by atomic mass is 16.5. The Hall–Kier alpha value is -2.22. The first kappa shape index (κ1) is 20.1. The lowest BCUT2D eigenvalue weighted by Gasteiger charge is -2.37. The minimum Gasteiger partial charge on any atom is -0.391 e. The number of benzene rings is 1. The van der Waals surface area contributed by atoms with Crippen molar-refractivity contribution >= 4 is 5.91 Å². The van der Waals surface area contributed by atoms with E-state index in [0.717, 1.165) is 45.6 Å². The van der Waals surface area contributed by atoms with E-state index in [1.807, 2.05) is 18.2 Å². The number of amides is 1. The van der Waals surface area contributed by atoms with E-state index in [4.69, 9.17) is 9.26 Å². The number of ether oxygens (including phenoxy) is 1. The minimum atomic E-state index is -0.370. The van der Waals surface area contributed by atoms with Crippen LogP contribution in [0.3, 0.4) is 0 Å². The Morgan fingerprint density at radius 1 is 1.17 bits per heavy atom. The van der Waals surface area contributed by atoms with Crippen LogP contribution in [-0.2, 0) is 10.2 Å². The predicted molar refractivity (Wildman–Crippen MR) is 108 cm³/mol. The largest absolute Gasteiger partial charge is 0.391 e. The minimum absolute atomic E-state index is 0.135. The second-order valence-electron chi connectivity index (χ2n) is 8.07. The summed E-state index contributed by atoms with van der Waals surface area (Å²) in [5.74, 6) is -0.233. The molecule has 2 aliphatic rings. The van der Waals surface area contributed by atoms with Crippen molar-refractivity contribution in [3.05, 3.63) is 53.9 Å². The molecule has 1 aliphatic heterocycles. The average Bonchev–Trinajstić information content (AvgIpc) is 3.26. The van der Waals surface area contributed by atoms with E-state index < -0.39 is 0 Å². The average molecular weight is 399 g/mol. The molecule has 156 valence electrons. The van der Waals surface area contributed by atoms with Gasteiger partial charge in [0.25, 0.3) is 5.91 Å². The highest BCUT2D eigenvalue weighted by molar-refractivity contribution is 5.92. The van der Waals surface area contributed by atoms with E-state index in [0.29, 0.717) is 13.0 Å². The molecule has 1 aromatic carbocycles. The third kappa shape index (κ3) is 4.52. The maximum absolute atomic E-state index is 12.5. The monoisotopic (exact) mass is 399 g/mol. The van der Waals surface area contributed by atoms with Crippen molar-refractivity contribution in [3.8, 4) is 0 Å². The zero-order chi connectivity index (χ0) is 20.1. The van der Waals surface area contributed by atoms with Gasteiger partial charge in [0.2, 0.25) is 0 Å². The molecule has 2 heterocycles. The maximum Gasteiger partial charge on any atom is 0.273 e. The van der Waals surface area contributed by atoms with Gasteiger partial charge in [-0.3, -0.25) is 9.69 Å². The van der Waals surface area contributed by atoms with Crippen LogP contribution in [0.5, 0.6) is 0 Å². The van der Waals surface area contributed by atoms with Crippen LogP contribution in [0.2, 0.25) is 0 Å². The number of nitrogens with zero attached hydrogens (tertiary/aromatic N) is 2. The number of hydrogen-bond acceptors (Lipinski definition) is 6. The number of aliphatic hydroxyl groups is 1. The van der Waals surface area contributed by atoms with E-state index in [-0.39, 0.29) is 29.2 Å². The van der Waals surface area contributed by atoms with Gasteiger partial charge >= 0.3 is 0 Å². The molecule has 29 heavy (non-hydrogen) atoms. The fourth-order valence-corrected chi connectivity index (χ4v) is 4.72. The molecular weight excluding hydrogens is 370 g/mol. The molecular formula is C22H29N3O4. The number of rotatable bonds is 5. The molecule has 2 aromatic rings. The Morgan fingerprint density at radius 3 is 2.66 bits per heavy atom. The van der Waals surface area contributed by atoms with Crippen molar-refractivity contribution in [2.24, 2.45) is 0 Å². The van der Waals surface area contributed by atoms with Crippen LogP contribution < -0.4 is 5.32 Å². The molecule has 1 saturated heterocycles. The molecule has 0 spiro atoms. The van der Waals surface area contributed by atoms with E-state index in [1.54, 1.807) is 6.07 Å². The van der Waals surface area contributed by atoms with Crippen LogP contribution in [-0.4, -0.2) is 66.1 Å². The Balaban J connectivity index is 1.53. The summed E-state index contributed by atoms with van der Waals surface area (Å²) in [7, 11) is 0. The lowest BCUT2D eigenvalue weighted by atomic mass is 9.74. The van der Waals surface area contributed by atoms with Crippen molar-refractivity contribution in [1.82, 2.24) is 15.4 Å². The van der Waals surface area contributed by atoms with E-state index in [9.17, 15) is 9.90 Å². The summed E-state index contributed by atoms with van der Waals surface area (Å²) in [4.78, 5) is 14.8. The fourth-order valence-electron chi connectivity index (χ4n) is 4.72. The van der Waals surface area contributed by atoms with Gasteiger partial charge in [-0.1, -0.05) is 35.5 Å². The van der Waals surface area contributed by atoms with Gasteiger partial charge in [0.15, 0.2) is 5.69 Å². The standard InChI is InChI=1S/C22H29N3O4/c26-20-7-10-22(17-4-2-1-3-5-17,16-23-21(27)18-8-13-29-24-18)9-6-19(20)25-11-14-28-15-12-25/h1-5,8,13,19-20,26H,6-7,9-12,14-16H2,(H,23,27)/t19-,20-,22-/m1/s1. The molecule has 2 fully saturated rings. The van der Waals surface area contributed by atoms with Crippen LogP contribution in [0.4, 0.5) is 0 Å². The van der Waals surface area contributed by atoms with Crippen molar-refractivity contribution < 1.29 is 19.2 Å². The van der Waals surface area contributed by atoms with Gasteiger partial charge in [-0.05, 0) is 31.2 Å². The highest BCUT2D eigenvalue weighted by Crippen LogP contribution is 2.39. The van der Waals surface area contributed by atoms with Gasteiger partial charge in [-0.15, -0.1) is 0 Å². The van der Waals surface area contributed by atoms with Gasteiger partial charge in [0, 0.05) is 37.2 Å². The number of hydrogen-bond donors (Lipinski definition) is 2. The Bertz CT molecular complexity index is 777. The van der Waals surface area contributed by atoms with Gasteiger partial charge in [-0.2, -0.15) is 0 Å². The number of nitrogens with one attached hydrogen (secondary N) is 1. The van der Waals surface area contributed by atoms with Crippen molar-refractivity contribution in [1.29, 1.82) is 0 Å². The molecule has 1 aromatic heterocycles. The van der Waals surface area contributed by atoms with E-state index >= 15 is 0 Å². The summed E-state index contributed by atoms with van der Waals surface area (Å²) < 4.78 is 10.3. The third-order valence-corrected chi connectivity index (χ3v) is 6.44. The number of morpholine rings is 1. The quantitative estimate of drug-likeness (QED) is 0.748. The second-order valence-corrected chi connectivity index (χ2v) is 8.07. The smallest absolute Gasteiger partial charge is 0.273 e. The number of aromatic nitrogens is 1. The molecule has 1 saturated carbocycles. The molecule has 0 unspecified atom stereocenters. The molecule has 0 bridgehead atoms. The van der Waals surface area contributed by atoms with Crippen LogP contribution in [0, 0.1) is 0 Å². The lowest BCUT2D eigenvalue weighted by Crippen LogP contribution is -2.48. The van der Waals surface area contributed by atoms with Crippen molar-refractivity contribution in [2.45, 2.75) is 43.2 Å². The van der Waals surface area contributed by atoms with Crippen molar-refractivity contribution in [2.75, 3.05) is 32.8 Å². The molecule has 3 atom stereocenters. The van der Waals surface area contributed by atoms with Gasteiger partial charge in [0.1, 0.15) is 6.26 Å². The third-order valence-electron chi connectivity index (χ3n) is 6.44. The van der Waals surface area contributed by atoms with Crippen molar-refractivity contribution in [3.63, 3.8) is 0 Å². The van der Waals surface area contributed by atoms with E-state index in [2.05, 4.69) is 27.5 Å². The summed E-state index contributed by atoms with van der Waals surface area (Å²) in [6, 6.07) is 12.0. The molecule has 7 heteroatoms. The van der Waals surface area contributed by atoms with Crippen LogP contribution >= 0.6 is 0 Å². The van der Waals surface area contributed by atoms with Crippen LogP contribution in [0.15, 0.2) is 47.2 Å². The van der Waals surface area contributed by atoms with Gasteiger partial charge < -0.3 is 19.7 Å². The number of carbonyl (C=O) groups excluding carboxylic acids is 1. The molecule has 7 nitrogen and oxygen atoms in total. The summed E-state index contributed by atoms with van der Waals surface area (Å²) in [6.07, 6.45) is 4.33. The summed E-state index contributed by atoms with van der Waals surface area (Å²) >= 11 is 0.